The number of anilines is 1. The molecular weight excluding hydrogens is 326 g/mol. The number of likely N-dealkylation sites (tertiary alicyclic amines) is 1. The van der Waals surface area contributed by atoms with Crippen LogP contribution in [-0.4, -0.2) is 34.8 Å². The van der Waals surface area contributed by atoms with Crippen LogP contribution in [0.25, 0.3) is 0 Å². The number of rotatable bonds is 4. The van der Waals surface area contributed by atoms with Gasteiger partial charge < -0.3 is 10.2 Å². The van der Waals surface area contributed by atoms with Gasteiger partial charge in [0.25, 0.3) is 11.8 Å². The predicted octanol–water partition coefficient (Wildman–Crippen LogP) is 4.08. The van der Waals surface area contributed by atoms with E-state index in [4.69, 9.17) is 0 Å². The van der Waals surface area contributed by atoms with E-state index in [1.807, 2.05) is 29.2 Å². The summed E-state index contributed by atoms with van der Waals surface area (Å²) in [5.74, 6) is -0.0263. The highest BCUT2D eigenvalue weighted by Crippen LogP contribution is 2.24. The second kappa shape index (κ2) is 8.13. The van der Waals surface area contributed by atoms with Crippen LogP contribution in [0.5, 0.6) is 0 Å². The maximum Gasteiger partial charge on any atom is 0.274 e. The maximum absolute atomic E-state index is 12.6. The van der Waals surface area contributed by atoms with Gasteiger partial charge in [0.15, 0.2) is 0 Å². The molecule has 0 unspecified atom stereocenters. The van der Waals surface area contributed by atoms with Gasteiger partial charge in [-0.15, -0.1) is 0 Å². The van der Waals surface area contributed by atoms with Crippen LogP contribution in [0.1, 0.15) is 65.4 Å². The van der Waals surface area contributed by atoms with Crippen LogP contribution in [0.4, 0.5) is 5.69 Å². The Morgan fingerprint density at radius 2 is 1.81 bits per heavy atom. The second-order valence-corrected chi connectivity index (χ2v) is 6.98. The summed E-state index contributed by atoms with van der Waals surface area (Å²) >= 11 is 0. The minimum Gasteiger partial charge on any atom is -0.339 e. The first-order valence-electron chi connectivity index (χ1n) is 9.22. The number of piperidine rings is 1. The first-order chi connectivity index (χ1) is 12.6. The van der Waals surface area contributed by atoms with Crippen molar-refractivity contribution in [3.63, 3.8) is 0 Å². The zero-order chi connectivity index (χ0) is 18.5. The van der Waals surface area contributed by atoms with Gasteiger partial charge in [-0.3, -0.25) is 14.6 Å². The third-order valence-corrected chi connectivity index (χ3v) is 4.71. The van der Waals surface area contributed by atoms with E-state index in [0.717, 1.165) is 37.2 Å². The molecule has 0 spiro atoms. The van der Waals surface area contributed by atoms with Crippen LogP contribution in [0.3, 0.4) is 0 Å². The summed E-state index contributed by atoms with van der Waals surface area (Å²) in [6.45, 7) is 5.73. The Labute approximate surface area is 154 Å². The van der Waals surface area contributed by atoms with Crippen LogP contribution < -0.4 is 5.32 Å². The molecule has 1 aromatic heterocycles. The molecule has 1 aliphatic rings. The number of amides is 2. The summed E-state index contributed by atoms with van der Waals surface area (Å²) in [4.78, 5) is 31.3. The fraction of sp³-hybridized carbons (Fsp3) is 0.381. The van der Waals surface area contributed by atoms with Crippen LogP contribution >= 0.6 is 0 Å². The number of para-hydroxylation sites is 1. The van der Waals surface area contributed by atoms with E-state index < -0.39 is 0 Å². The van der Waals surface area contributed by atoms with E-state index in [1.165, 1.54) is 12.6 Å². The topological polar surface area (TPSA) is 62.3 Å². The molecule has 5 heteroatoms. The Hall–Kier alpha value is -2.69. The second-order valence-electron chi connectivity index (χ2n) is 6.98. The standard InChI is InChI=1S/C21H25N3O2/c1-15(2)17-8-4-5-9-18(17)23-20(25)19-14-16(10-11-22-19)21(26)24-12-6-3-7-13-24/h4-5,8-11,14-15H,3,6-7,12-13H2,1-2H3,(H,23,25). The molecule has 1 aliphatic heterocycles. The molecule has 5 nitrogen and oxygen atoms in total. The molecule has 1 saturated heterocycles. The number of benzene rings is 1. The Kier molecular flexibility index (Phi) is 5.66. The highest BCUT2D eigenvalue weighted by atomic mass is 16.2. The van der Waals surface area contributed by atoms with Gasteiger partial charge in [0.1, 0.15) is 5.69 Å². The molecule has 1 fully saturated rings. The lowest BCUT2D eigenvalue weighted by Crippen LogP contribution is -2.35. The van der Waals surface area contributed by atoms with Crippen LogP contribution in [0.15, 0.2) is 42.6 Å². The highest BCUT2D eigenvalue weighted by Gasteiger charge is 2.20. The van der Waals surface area contributed by atoms with Gasteiger partial charge in [-0.2, -0.15) is 0 Å². The number of carbonyl (C=O) groups excluding carboxylic acids is 2. The molecule has 2 aromatic rings. The summed E-state index contributed by atoms with van der Waals surface area (Å²) < 4.78 is 0. The fourth-order valence-electron chi connectivity index (χ4n) is 3.27. The van der Waals surface area contributed by atoms with E-state index in [1.54, 1.807) is 12.1 Å². The Morgan fingerprint density at radius 1 is 1.08 bits per heavy atom. The molecular formula is C21H25N3O2. The lowest BCUT2D eigenvalue weighted by molar-refractivity contribution is 0.0724. The van der Waals surface area contributed by atoms with Crippen LogP contribution in [0, 0.1) is 0 Å². The molecule has 0 atom stereocenters. The first-order valence-corrected chi connectivity index (χ1v) is 9.22. The van der Waals surface area contributed by atoms with Gasteiger partial charge in [-0.25, -0.2) is 0 Å². The average molecular weight is 351 g/mol. The SMILES string of the molecule is CC(C)c1ccccc1NC(=O)c1cc(C(=O)N2CCCCC2)ccn1. The van der Waals surface area contributed by atoms with E-state index in [9.17, 15) is 9.59 Å². The molecule has 2 amide bonds. The van der Waals surface area contributed by atoms with E-state index in [-0.39, 0.29) is 17.5 Å². The van der Waals surface area contributed by atoms with Crippen molar-refractivity contribution >= 4 is 17.5 Å². The summed E-state index contributed by atoms with van der Waals surface area (Å²) in [7, 11) is 0. The van der Waals surface area contributed by atoms with Crippen LogP contribution in [-0.2, 0) is 0 Å². The van der Waals surface area contributed by atoms with Gasteiger partial charge in [-0.1, -0.05) is 32.0 Å². The third kappa shape index (κ3) is 4.10. The van der Waals surface area contributed by atoms with Gasteiger partial charge in [-0.05, 0) is 48.9 Å². The van der Waals surface area contributed by atoms with Gasteiger partial charge >= 0.3 is 0 Å². The summed E-state index contributed by atoms with van der Waals surface area (Å²) in [5, 5.41) is 2.93. The van der Waals surface area contributed by atoms with Crippen molar-refractivity contribution in [2.24, 2.45) is 0 Å². The zero-order valence-electron chi connectivity index (χ0n) is 15.4. The minimum absolute atomic E-state index is 0.0243. The normalized spacial score (nSPS) is 14.3. The molecule has 26 heavy (non-hydrogen) atoms. The quantitative estimate of drug-likeness (QED) is 0.903. The fourth-order valence-corrected chi connectivity index (χ4v) is 3.27. The molecule has 1 N–H and O–H groups in total. The van der Waals surface area contributed by atoms with Crippen molar-refractivity contribution in [3.8, 4) is 0 Å². The van der Waals surface area contributed by atoms with Gasteiger partial charge in [0.05, 0.1) is 0 Å². The van der Waals surface area contributed by atoms with Crippen molar-refractivity contribution < 1.29 is 9.59 Å². The number of aromatic nitrogens is 1. The van der Waals surface area contributed by atoms with Crippen molar-refractivity contribution in [2.45, 2.75) is 39.0 Å². The van der Waals surface area contributed by atoms with Crippen molar-refractivity contribution in [2.75, 3.05) is 18.4 Å². The van der Waals surface area contributed by atoms with E-state index >= 15 is 0 Å². The number of nitrogens with one attached hydrogen (secondary N) is 1. The van der Waals surface area contributed by atoms with E-state index in [2.05, 4.69) is 24.1 Å². The molecule has 1 aromatic carbocycles. The smallest absolute Gasteiger partial charge is 0.274 e. The Bertz CT molecular complexity index is 795. The van der Waals surface area contributed by atoms with Crippen molar-refractivity contribution in [1.82, 2.24) is 9.88 Å². The van der Waals surface area contributed by atoms with Crippen molar-refractivity contribution in [3.05, 3.63) is 59.4 Å². The minimum atomic E-state index is -0.300. The zero-order valence-corrected chi connectivity index (χ0v) is 15.4. The molecule has 3 rings (SSSR count). The molecule has 0 radical (unpaired) electrons. The molecule has 136 valence electrons. The van der Waals surface area contributed by atoms with Gasteiger partial charge in [0.2, 0.25) is 0 Å². The first kappa shape index (κ1) is 18.1. The molecule has 2 heterocycles. The highest BCUT2D eigenvalue weighted by molar-refractivity contribution is 6.05. The monoisotopic (exact) mass is 351 g/mol. The van der Waals surface area contributed by atoms with Crippen molar-refractivity contribution in [1.29, 1.82) is 0 Å². The third-order valence-electron chi connectivity index (χ3n) is 4.71. The molecule has 0 aliphatic carbocycles. The molecule has 0 bridgehead atoms. The lowest BCUT2D eigenvalue weighted by atomic mass is 10.0. The summed E-state index contributed by atoms with van der Waals surface area (Å²) in [6.07, 6.45) is 4.77. The Morgan fingerprint density at radius 3 is 2.54 bits per heavy atom. The summed E-state index contributed by atoms with van der Waals surface area (Å²) in [6, 6.07) is 11.0. The predicted molar refractivity (Wildman–Crippen MR) is 102 cm³/mol. The lowest BCUT2D eigenvalue weighted by Gasteiger charge is -2.26. The number of hydrogen-bond donors (Lipinski definition) is 1. The number of carbonyl (C=O) groups is 2. The number of pyridine rings is 1. The number of nitrogens with zero attached hydrogens (tertiary/aromatic N) is 2. The average Bonchev–Trinajstić information content (AvgIpc) is 2.68. The van der Waals surface area contributed by atoms with Crippen LogP contribution in [0.2, 0.25) is 0 Å². The number of hydrogen-bond acceptors (Lipinski definition) is 3. The molecule has 0 saturated carbocycles. The van der Waals surface area contributed by atoms with E-state index in [0.29, 0.717) is 11.5 Å². The largest absolute Gasteiger partial charge is 0.339 e. The summed E-state index contributed by atoms with van der Waals surface area (Å²) in [5.41, 5.74) is 2.62. The Balaban J connectivity index is 1.77. The maximum atomic E-state index is 12.6. The van der Waals surface area contributed by atoms with Gasteiger partial charge in [0, 0.05) is 30.5 Å².